The molecule has 0 spiro atoms. The van der Waals surface area contributed by atoms with Gasteiger partial charge in [-0.2, -0.15) is 0 Å². The van der Waals surface area contributed by atoms with E-state index >= 15 is 0 Å². The van der Waals surface area contributed by atoms with Gasteiger partial charge in [0, 0.05) is 23.8 Å². The van der Waals surface area contributed by atoms with Crippen molar-refractivity contribution in [2.45, 2.75) is 6.92 Å². The number of aromatic nitrogens is 2. The summed E-state index contributed by atoms with van der Waals surface area (Å²) in [6.45, 7) is 4.72. The number of carbonyl (C=O) groups excluding carboxylic acids is 1. The maximum atomic E-state index is 12.1. The summed E-state index contributed by atoms with van der Waals surface area (Å²) in [6.07, 6.45) is 3.17. The Morgan fingerprint density at radius 2 is 1.92 bits per heavy atom. The third-order valence-corrected chi connectivity index (χ3v) is 4.12. The zero-order chi connectivity index (χ0) is 16.9. The first-order valence-electron chi connectivity index (χ1n) is 7.61. The second kappa shape index (κ2) is 7.46. The van der Waals surface area contributed by atoms with E-state index in [0.29, 0.717) is 35.6 Å². The van der Waals surface area contributed by atoms with Gasteiger partial charge in [-0.3, -0.25) is 0 Å². The summed E-state index contributed by atoms with van der Waals surface area (Å²) in [5, 5.41) is 6.07. The minimum absolute atomic E-state index is 0.372. The monoisotopic (exact) mass is 347 g/mol. The van der Waals surface area contributed by atoms with Crippen molar-refractivity contribution in [1.29, 1.82) is 0 Å². The Bertz CT molecular complexity index is 717. The topological polar surface area (TPSA) is 79.4 Å². The van der Waals surface area contributed by atoms with Gasteiger partial charge in [-0.25, -0.2) is 14.8 Å². The molecule has 2 heterocycles. The van der Waals surface area contributed by atoms with E-state index in [9.17, 15) is 4.79 Å². The minimum Gasteiger partial charge on any atom is -0.378 e. The molecule has 1 aromatic heterocycles. The highest BCUT2D eigenvalue weighted by atomic mass is 35.5. The van der Waals surface area contributed by atoms with Gasteiger partial charge in [0.1, 0.15) is 0 Å². The first kappa shape index (κ1) is 16.5. The number of ether oxygens (including phenoxy) is 1. The van der Waals surface area contributed by atoms with Gasteiger partial charge in [-0.15, -0.1) is 0 Å². The second-order valence-electron chi connectivity index (χ2n) is 5.36. The van der Waals surface area contributed by atoms with E-state index in [4.69, 9.17) is 16.3 Å². The van der Waals surface area contributed by atoms with Crippen LogP contribution in [0.4, 0.5) is 22.1 Å². The number of halogens is 1. The van der Waals surface area contributed by atoms with E-state index in [0.717, 1.165) is 18.7 Å². The van der Waals surface area contributed by atoms with Gasteiger partial charge < -0.3 is 20.3 Å². The van der Waals surface area contributed by atoms with Crippen LogP contribution in [-0.4, -0.2) is 42.3 Å². The zero-order valence-electron chi connectivity index (χ0n) is 13.3. The zero-order valence-corrected chi connectivity index (χ0v) is 14.0. The largest absolute Gasteiger partial charge is 0.378 e. The predicted molar refractivity (Wildman–Crippen MR) is 93.9 cm³/mol. The number of nitrogens with zero attached hydrogens (tertiary/aromatic N) is 3. The summed E-state index contributed by atoms with van der Waals surface area (Å²) in [4.78, 5) is 22.7. The lowest BCUT2D eigenvalue weighted by Crippen LogP contribution is -2.37. The molecule has 8 heteroatoms. The first-order chi connectivity index (χ1) is 11.6. The van der Waals surface area contributed by atoms with Crippen LogP contribution < -0.4 is 15.5 Å². The molecule has 0 atom stereocenters. The van der Waals surface area contributed by atoms with Crippen LogP contribution in [0.5, 0.6) is 0 Å². The Hall–Kier alpha value is -2.38. The number of rotatable bonds is 3. The maximum Gasteiger partial charge on any atom is 0.323 e. The quantitative estimate of drug-likeness (QED) is 0.892. The van der Waals surface area contributed by atoms with E-state index < -0.39 is 0 Å². The molecule has 2 N–H and O–H groups in total. The van der Waals surface area contributed by atoms with Crippen LogP contribution in [-0.2, 0) is 4.74 Å². The summed E-state index contributed by atoms with van der Waals surface area (Å²) in [7, 11) is 0. The van der Waals surface area contributed by atoms with Gasteiger partial charge >= 0.3 is 6.03 Å². The number of carbonyl (C=O) groups is 1. The highest BCUT2D eigenvalue weighted by molar-refractivity contribution is 6.31. The van der Waals surface area contributed by atoms with Gasteiger partial charge in [0.05, 0.1) is 31.3 Å². The molecule has 0 radical (unpaired) electrons. The van der Waals surface area contributed by atoms with Gasteiger partial charge in [0.25, 0.3) is 0 Å². The van der Waals surface area contributed by atoms with Crippen molar-refractivity contribution >= 4 is 35.0 Å². The number of anilines is 3. The molecule has 0 unspecified atom stereocenters. The van der Waals surface area contributed by atoms with Crippen molar-refractivity contribution in [3.05, 3.63) is 41.2 Å². The number of hydrogen-bond acceptors (Lipinski definition) is 5. The average Bonchev–Trinajstić information content (AvgIpc) is 2.60. The van der Waals surface area contributed by atoms with E-state index in [1.807, 2.05) is 11.8 Å². The molecule has 2 aromatic rings. The summed E-state index contributed by atoms with van der Waals surface area (Å²) >= 11 is 6.04. The third kappa shape index (κ3) is 3.93. The van der Waals surface area contributed by atoms with E-state index in [1.165, 1.54) is 0 Å². The van der Waals surface area contributed by atoms with Crippen molar-refractivity contribution < 1.29 is 9.53 Å². The number of hydrogen-bond donors (Lipinski definition) is 2. The van der Waals surface area contributed by atoms with Crippen molar-refractivity contribution in [3.63, 3.8) is 0 Å². The average molecular weight is 348 g/mol. The van der Waals surface area contributed by atoms with E-state index in [-0.39, 0.29) is 6.03 Å². The van der Waals surface area contributed by atoms with Gasteiger partial charge in [0.15, 0.2) is 0 Å². The highest BCUT2D eigenvalue weighted by Crippen LogP contribution is 2.23. The fraction of sp³-hybridized carbons (Fsp3) is 0.312. The molecule has 0 aliphatic carbocycles. The van der Waals surface area contributed by atoms with Crippen LogP contribution in [0.15, 0.2) is 30.6 Å². The van der Waals surface area contributed by atoms with E-state index in [2.05, 4.69) is 20.6 Å². The summed E-state index contributed by atoms with van der Waals surface area (Å²) in [5.41, 5.74) is 1.99. The smallest absolute Gasteiger partial charge is 0.323 e. The third-order valence-electron chi connectivity index (χ3n) is 3.71. The van der Waals surface area contributed by atoms with Gasteiger partial charge in [-0.1, -0.05) is 17.7 Å². The fourth-order valence-electron chi connectivity index (χ4n) is 2.34. The normalized spacial score (nSPS) is 14.3. The van der Waals surface area contributed by atoms with Crippen LogP contribution in [0.25, 0.3) is 0 Å². The number of nitrogens with one attached hydrogen (secondary N) is 2. The Balaban J connectivity index is 1.61. The summed E-state index contributed by atoms with van der Waals surface area (Å²) in [6, 6.07) is 4.98. The molecule has 1 fully saturated rings. The maximum absolute atomic E-state index is 12.1. The number of morpholine rings is 1. The van der Waals surface area contributed by atoms with Gasteiger partial charge in [0.2, 0.25) is 5.95 Å². The van der Waals surface area contributed by atoms with Crippen LogP contribution in [0.2, 0.25) is 5.02 Å². The number of urea groups is 1. The van der Waals surface area contributed by atoms with Crippen molar-refractivity contribution in [1.82, 2.24) is 9.97 Å². The van der Waals surface area contributed by atoms with Crippen LogP contribution >= 0.6 is 11.6 Å². The number of amides is 2. The lowest BCUT2D eigenvalue weighted by Gasteiger charge is -2.26. The lowest BCUT2D eigenvalue weighted by molar-refractivity contribution is 0.122. The fourth-order valence-corrected chi connectivity index (χ4v) is 2.51. The second-order valence-corrected chi connectivity index (χ2v) is 5.77. The van der Waals surface area contributed by atoms with Gasteiger partial charge in [-0.05, 0) is 24.6 Å². The first-order valence-corrected chi connectivity index (χ1v) is 7.99. The van der Waals surface area contributed by atoms with Crippen molar-refractivity contribution in [3.8, 4) is 0 Å². The van der Waals surface area contributed by atoms with Crippen LogP contribution in [0.3, 0.4) is 0 Å². The van der Waals surface area contributed by atoms with Crippen LogP contribution in [0.1, 0.15) is 5.56 Å². The molecule has 24 heavy (non-hydrogen) atoms. The Kier molecular flexibility index (Phi) is 5.12. The molecule has 7 nitrogen and oxygen atoms in total. The van der Waals surface area contributed by atoms with Crippen molar-refractivity contribution in [2.75, 3.05) is 41.8 Å². The molecule has 1 aliphatic heterocycles. The Labute approximate surface area is 145 Å². The SMILES string of the molecule is Cc1c(Cl)cccc1NC(=O)Nc1cnc(N2CCOCC2)nc1. The molecule has 126 valence electrons. The predicted octanol–water partition coefficient (Wildman–Crippen LogP) is 2.92. The minimum atomic E-state index is -0.372. The van der Waals surface area contributed by atoms with E-state index in [1.54, 1.807) is 30.6 Å². The number of benzene rings is 1. The standard InChI is InChI=1S/C16H18ClN5O2/c1-11-13(17)3-2-4-14(11)21-16(23)20-12-9-18-15(19-10-12)22-5-7-24-8-6-22/h2-4,9-10H,5-8H2,1H3,(H2,20,21,23). The van der Waals surface area contributed by atoms with Crippen molar-refractivity contribution in [2.24, 2.45) is 0 Å². The molecular weight excluding hydrogens is 330 g/mol. The Morgan fingerprint density at radius 3 is 2.62 bits per heavy atom. The Morgan fingerprint density at radius 1 is 1.21 bits per heavy atom. The molecule has 1 aromatic carbocycles. The summed E-state index contributed by atoms with van der Waals surface area (Å²) < 4.78 is 5.30. The molecule has 3 rings (SSSR count). The molecule has 1 aliphatic rings. The molecule has 2 amide bonds. The highest BCUT2D eigenvalue weighted by Gasteiger charge is 2.14. The van der Waals surface area contributed by atoms with Crippen LogP contribution in [0, 0.1) is 6.92 Å². The molecule has 1 saturated heterocycles. The lowest BCUT2D eigenvalue weighted by atomic mass is 10.2. The molecule has 0 saturated carbocycles. The summed E-state index contributed by atoms with van der Waals surface area (Å²) in [5.74, 6) is 0.634. The molecular formula is C16H18ClN5O2. The molecule has 0 bridgehead atoms.